The van der Waals surface area contributed by atoms with Gasteiger partial charge in [-0.2, -0.15) is 11.3 Å². The van der Waals surface area contributed by atoms with Gasteiger partial charge in [0.1, 0.15) is 0 Å². The van der Waals surface area contributed by atoms with Crippen LogP contribution in [0.5, 0.6) is 0 Å². The topological polar surface area (TPSA) is 43.9 Å². The molecule has 0 saturated carbocycles. The van der Waals surface area contributed by atoms with Crippen LogP contribution in [0.1, 0.15) is 19.3 Å². The number of rotatable bonds is 1. The van der Waals surface area contributed by atoms with Crippen molar-refractivity contribution in [2.45, 2.75) is 19.3 Å². The molecule has 3 amide bonds. The van der Waals surface area contributed by atoms with Crippen molar-refractivity contribution in [3.8, 4) is 0 Å². The third kappa shape index (κ3) is 2.41. The highest BCUT2D eigenvalue weighted by atomic mass is 32.1. The third-order valence-electron chi connectivity index (χ3n) is 4.56. The molecule has 114 valence electrons. The Morgan fingerprint density at radius 3 is 2.81 bits per heavy atom. The van der Waals surface area contributed by atoms with Gasteiger partial charge < -0.3 is 14.7 Å². The van der Waals surface area contributed by atoms with Crippen LogP contribution in [0.3, 0.4) is 0 Å². The average molecular weight is 307 g/mol. The molecule has 0 aliphatic carbocycles. The molecule has 1 atom stereocenters. The second-order valence-electron chi connectivity index (χ2n) is 6.17. The van der Waals surface area contributed by atoms with Crippen LogP contribution >= 0.6 is 11.3 Å². The van der Waals surface area contributed by atoms with E-state index in [-0.39, 0.29) is 17.4 Å². The van der Waals surface area contributed by atoms with Gasteiger partial charge in [0.05, 0.1) is 11.1 Å². The van der Waals surface area contributed by atoms with Crippen molar-refractivity contribution in [3.63, 3.8) is 0 Å². The van der Waals surface area contributed by atoms with E-state index in [1.54, 1.807) is 30.3 Å². The Labute approximate surface area is 129 Å². The summed E-state index contributed by atoms with van der Waals surface area (Å²) in [7, 11) is 3.52. The minimum Gasteiger partial charge on any atom is -0.331 e. The molecule has 2 fully saturated rings. The molecule has 0 unspecified atom stereocenters. The van der Waals surface area contributed by atoms with Gasteiger partial charge in [0, 0.05) is 39.1 Å². The molecular weight excluding hydrogens is 286 g/mol. The van der Waals surface area contributed by atoms with Crippen LogP contribution in [0.15, 0.2) is 16.8 Å². The van der Waals surface area contributed by atoms with Gasteiger partial charge in [0.2, 0.25) is 5.91 Å². The van der Waals surface area contributed by atoms with E-state index in [1.807, 2.05) is 26.6 Å². The first kappa shape index (κ1) is 14.4. The Morgan fingerprint density at radius 2 is 2.14 bits per heavy atom. The largest absolute Gasteiger partial charge is 0.331 e. The average Bonchev–Trinajstić information content (AvgIpc) is 3.09. The van der Waals surface area contributed by atoms with Crippen molar-refractivity contribution in [1.29, 1.82) is 0 Å². The molecule has 2 aliphatic heterocycles. The molecular formula is C15H21N3O2S. The molecule has 21 heavy (non-hydrogen) atoms. The monoisotopic (exact) mass is 307 g/mol. The zero-order chi connectivity index (χ0) is 15.0. The molecule has 0 N–H and O–H groups in total. The number of thiophene rings is 1. The highest BCUT2D eigenvalue weighted by Gasteiger charge is 2.50. The zero-order valence-corrected chi connectivity index (χ0v) is 13.4. The smallest absolute Gasteiger partial charge is 0.319 e. The van der Waals surface area contributed by atoms with Crippen LogP contribution in [0.4, 0.5) is 10.5 Å². The summed E-state index contributed by atoms with van der Waals surface area (Å²) in [5, 5.41) is 4.01. The summed E-state index contributed by atoms with van der Waals surface area (Å²) in [5.41, 5.74) is 0.629. The van der Waals surface area contributed by atoms with Gasteiger partial charge in [0.15, 0.2) is 0 Å². The number of nitrogens with zero attached hydrogens (tertiary/aromatic N) is 3. The highest BCUT2D eigenvalue weighted by molar-refractivity contribution is 7.08. The standard InChI is InChI=1S/C15H21N3O2S/c1-16(2)14(20)17-7-3-5-15(11-17)6-8-18(13(15)19)12-4-9-21-10-12/h4,9-10H,3,5-8,11H2,1-2H3/t15-/m1/s1. The van der Waals surface area contributed by atoms with Crippen molar-refractivity contribution in [2.24, 2.45) is 5.41 Å². The fourth-order valence-electron chi connectivity index (χ4n) is 3.43. The van der Waals surface area contributed by atoms with E-state index >= 15 is 0 Å². The summed E-state index contributed by atoms with van der Waals surface area (Å²) >= 11 is 1.61. The molecule has 2 saturated heterocycles. The fraction of sp³-hybridized carbons (Fsp3) is 0.600. The lowest BCUT2D eigenvalue weighted by molar-refractivity contribution is -0.127. The summed E-state index contributed by atoms with van der Waals surface area (Å²) in [6.07, 6.45) is 2.64. The van der Waals surface area contributed by atoms with E-state index in [4.69, 9.17) is 0 Å². The molecule has 1 aromatic heterocycles. The van der Waals surface area contributed by atoms with Crippen molar-refractivity contribution in [2.75, 3.05) is 38.6 Å². The first-order valence-electron chi connectivity index (χ1n) is 7.34. The normalized spacial score (nSPS) is 25.7. The number of carbonyl (C=O) groups is 2. The summed E-state index contributed by atoms with van der Waals surface area (Å²) < 4.78 is 0. The fourth-order valence-corrected chi connectivity index (χ4v) is 4.08. The SMILES string of the molecule is CN(C)C(=O)N1CCC[C@@]2(CCN(c3ccsc3)C2=O)C1. The van der Waals surface area contributed by atoms with E-state index < -0.39 is 0 Å². The van der Waals surface area contributed by atoms with Crippen LogP contribution in [0, 0.1) is 5.41 Å². The van der Waals surface area contributed by atoms with Crippen LogP contribution in [0.25, 0.3) is 0 Å². The van der Waals surface area contributed by atoms with E-state index in [2.05, 4.69) is 0 Å². The maximum Gasteiger partial charge on any atom is 0.319 e. The number of piperidine rings is 1. The zero-order valence-electron chi connectivity index (χ0n) is 12.5. The summed E-state index contributed by atoms with van der Waals surface area (Å²) in [6, 6.07) is 2.00. The molecule has 2 aliphatic rings. The Balaban J connectivity index is 1.79. The van der Waals surface area contributed by atoms with Gasteiger partial charge in [-0.15, -0.1) is 0 Å². The molecule has 1 spiro atoms. The maximum atomic E-state index is 12.9. The lowest BCUT2D eigenvalue weighted by Gasteiger charge is -2.39. The molecule has 0 bridgehead atoms. The van der Waals surface area contributed by atoms with Crippen molar-refractivity contribution in [1.82, 2.24) is 9.80 Å². The Hall–Kier alpha value is -1.56. The quantitative estimate of drug-likeness (QED) is 0.799. The maximum absolute atomic E-state index is 12.9. The van der Waals surface area contributed by atoms with E-state index in [1.165, 1.54) is 0 Å². The molecule has 5 nitrogen and oxygen atoms in total. The first-order chi connectivity index (χ1) is 10.0. The molecule has 0 radical (unpaired) electrons. The van der Waals surface area contributed by atoms with Gasteiger partial charge in [-0.05, 0) is 30.7 Å². The highest BCUT2D eigenvalue weighted by Crippen LogP contribution is 2.42. The number of amides is 3. The number of hydrogen-bond donors (Lipinski definition) is 0. The summed E-state index contributed by atoms with van der Waals surface area (Å²) in [5.74, 6) is 0.192. The molecule has 3 heterocycles. The van der Waals surface area contributed by atoms with Crippen molar-refractivity contribution in [3.05, 3.63) is 16.8 Å². The number of likely N-dealkylation sites (tertiary alicyclic amines) is 1. The van der Waals surface area contributed by atoms with Crippen LogP contribution < -0.4 is 4.90 Å². The summed E-state index contributed by atoms with van der Waals surface area (Å²) in [6.45, 7) is 2.08. The van der Waals surface area contributed by atoms with Crippen LogP contribution in [0.2, 0.25) is 0 Å². The third-order valence-corrected chi connectivity index (χ3v) is 5.23. The van der Waals surface area contributed by atoms with E-state index in [0.717, 1.165) is 38.0 Å². The molecule has 6 heteroatoms. The number of anilines is 1. The Bertz CT molecular complexity index is 543. The minimum absolute atomic E-state index is 0.0101. The lowest BCUT2D eigenvalue weighted by atomic mass is 9.78. The predicted molar refractivity (Wildman–Crippen MR) is 83.6 cm³/mol. The van der Waals surface area contributed by atoms with Gasteiger partial charge in [-0.25, -0.2) is 4.79 Å². The first-order valence-corrected chi connectivity index (χ1v) is 8.28. The molecule has 0 aromatic carbocycles. The van der Waals surface area contributed by atoms with E-state index in [0.29, 0.717) is 6.54 Å². The van der Waals surface area contributed by atoms with Crippen molar-refractivity contribution < 1.29 is 9.59 Å². The second-order valence-corrected chi connectivity index (χ2v) is 6.95. The number of hydrogen-bond acceptors (Lipinski definition) is 3. The summed E-state index contributed by atoms with van der Waals surface area (Å²) in [4.78, 5) is 30.4. The van der Waals surface area contributed by atoms with Crippen molar-refractivity contribution >= 4 is 29.0 Å². The van der Waals surface area contributed by atoms with Gasteiger partial charge in [0.25, 0.3) is 0 Å². The van der Waals surface area contributed by atoms with E-state index in [9.17, 15) is 9.59 Å². The lowest BCUT2D eigenvalue weighted by Crippen LogP contribution is -2.52. The molecule has 3 rings (SSSR count). The number of urea groups is 1. The van der Waals surface area contributed by atoms with Crippen LogP contribution in [-0.2, 0) is 4.79 Å². The predicted octanol–water partition coefficient (Wildman–Crippen LogP) is 2.25. The van der Waals surface area contributed by atoms with Crippen LogP contribution in [-0.4, -0.2) is 55.5 Å². The number of carbonyl (C=O) groups excluding carboxylic acids is 2. The minimum atomic E-state index is -0.369. The van der Waals surface area contributed by atoms with Gasteiger partial charge in [-0.1, -0.05) is 0 Å². The Morgan fingerprint density at radius 1 is 1.33 bits per heavy atom. The second kappa shape index (κ2) is 5.33. The van der Waals surface area contributed by atoms with Gasteiger partial charge >= 0.3 is 6.03 Å². The molecule has 1 aromatic rings. The van der Waals surface area contributed by atoms with Gasteiger partial charge in [-0.3, -0.25) is 4.79 Å². The Kier molecular flexibility index (Phi) is 3.65.